The number of nitrogen functional groups attached to an aromatic ring is 1. The van der Waals surface area contributed by atoms with Crippen LogP contribution in [0.1, 0.15) is 18.6 Å². The number of anilines is 1. The molecule has 0 bridgehead atoms. The predicted octanol–water partition coefficient (Wildman–Crippen LogP) is 0.338. The zero-order chi connectivity index (χ0) is 12.1. The molecule has 0 aliphatic carbocycles. The van der Waals surface area contributed by atoms with E-state index in [4.69, 9.17) is 5.73 Å². The van der Waals surface area contributed by atoms with E-state index < -0.39 is 12.2 Å². The molecule has 0 aliphatic heterocycles. The minimum atomic E-state index is -1.12. The molecule has 4 N–H and O–H groups in total. The van der Waals surface area contributed by atoms with E-state index in [1.165, 1.54) is 13.1 Å². The highest BCUT2D eigenvalue weighted by Gasteiger charge is 2.21. The summed E-state index contributed by atoms with van der Waals surface area (Å²) in [6.07, 6.45) is -0.664. The monoisotopic (exact) mass is 242 g/mol. The summed E-state index contributed by atoms with van der Waals surface area (Å²) in [6.45, 7) is 1.40. The van der Waals surface area contributed by atoms with E-state index in [0.717, 1.165) is 11.8 Å². The number of pyridine rings is 1. The van der Waals surface area contributed by atoms with Gasteiger partial charge >= 0.3 is 0 Å². The fourth-order valence-corrected chi connectivity index (χ4v) is 1.77. The number of aliphatic hydroxyl groups excluding tert-OH is 2. The summed E-state index contributed by atoms with van der Waals surface area (Å²) >= 11 is 0.958. The second kappa shape index (κ2) is 5.83. The average molecular weight is 242 g/mol. The maximum Gasteiger partial charge on any atom is 0.185 e. The summed E-state index contributed by atoms with van der Waals surface area (Å²) in [5, 5.41) is 19.3. The van der Waals surface area contributed by atoms with Crippen molar-refractivity contribution in [1.82, 2.24) is 4.98 Å². The van der Waals surface area contributed by atoms with Crippen molar-refractivity contribution in [2.45, 2.75) is 19.1 Å². The van der Waals surface area contributed by atoms with Crippen LogP contribution in [0.3, 0.4) is 0 Å². The number of hydrogen-bond donors (Lipinski definition) is 3. The van der Waals surface area contributed by atoms with Gasteiger partial charge in [-0.3, -0.25) is 4.79 Å². The highest BCUT2D eigenvalue weighted by Crippen LogP contribution is 2.23. The zero-order valence-electron chi connectivity index (χ0n) is 8.83. The van der Waals surface area contributed by atoms with Crippen LogP contribution < -0.4 is 5.73 Å². The average Bonchev–Trinajstić information content (AvgIpc) is 2.25. The lowest BCUT2D eigenvalue weighted by Gasteiger charge is -2.18. The first-order chi connectivity index (χ1) is 7.52. The largest absolute Gasteiger partial charge is 0.389 e. The lowest BCUT2D eigenvalue weighted by atomic mass is 10.1. The molecule has 0 spiro atoms. The fraction of sp³-hybridized carbons (Fsp3) is 0.400. The van der Waals surface area contributed by atoms with E-state index in [1.807, 2.05) is 0 Å². The lowest BCUT2D eigenvalue weighted by molar-refractivity contribution is -0.109. The maximum atomic E-state index is 10.7. The summed E-state index contributed by atoms with van der Waals surface area (Å²) in [7, 11) is 0. The Morgan fingerprint density at radius 3 is 2.88 bits per heavy atom. The Morgan fingerprint density at radius 1 is 1.62 bits per heavy atom. The summed E-state index contributed by atoms with van der Waals surface area (Å²) in [6, 6.07) is 3.22. The van der Waals surface area contributed by atoms with Crippen molar-refractivity contribution < 1.29 is 15.0 Å². The molecule has 1 aromatic rings. The van der Waals surface area contributed by atoms with Gasteiger partial charge in [-0.15, -0.1) is 0 Å². The molecule has 0 fully saturated rings. The minimum absolute atomic E-state index is 0.106. The first-order valence-corrected chi connectivity index (χ1v) is 5.70. The second-order valence-corrected chi connectivity index (χ2v) is 4.49. The third-order valence-corrected chi connectivity index (χ3v) is 2.93. The van der Waals surface area contributed by atoms with Crippen LogP contribution in [0.2, 0.25) is 0 Å². The van der Waals surface area contributed by atoms with Gasteiger partial charge in [0.15, 0.2) is 5.12 Å². The van der Waals surface area contributed by atoms with Gasteiger partial charge in [-0.1, -0.05) is 17.8 Å². The van der Waals surface area contributed by atoms with E-state index in [2.05, 4.69) is 4.98 Å². The van der Waals surface area contributed by atoms with Crippen molar-refractivity contribution in [3.8, 4) is 0 Å². The van der Waals surface area contributed by atoms with E-state index in [1.54, 1.807) is 12.1 Å². The van der Waals surface area contributed by atoms with E-state index in [-0.39, 0.29) is 16.7 Å². The van der Waals surface area contributed by atoms with Gasteiger partial charge in [-0.05, 0) is 6.07 Å². The molecule has 1 aromatic heterocycles. The number of thioether (sulfide) groups is 1. The van der Waals surface area contributed by atoms with Gasteiger partial charge in [0, 0.05) is 24.4 Å². The first kappa shape index (κ1) is 13.0. The van der Waals surface area contributed by atoms with Crippen LogP contribution in [-0.4, -0.2) is 32.2 Å². The van der Waals surface area contributed by atoms with Crippen LogP contribution in [0, 0.1) is 0 Å². The smallest absolute Gasteiger partial charge is 0.185 e. The van der Waals surface area contributed by atoms with Crippen molar-refractivity contribution in [2.75, 3.05) is 11.5 Å². The zero-order valence-corrected chi connectivity index (χ0v) is 9.65. The van der Waals surface area contributed by atoms with E-state index in [9.17, 15) is 15.0 Å². The van der Waals surface area contributed by atoms with Crippen LogP contribution in [0.5, 0.6) is 0 Å². The SMILES string of the molecule is CC(=O)SCC(O)C(O)c1cccnc1N. The predicted molar refractivity (Wildman–Crippen MR) is 62.8 cm³/mol. The molecule has 2 atom stereocenters. The van der Waals surface area contributed by atoms with Gasteiger partial charge in [0.1, 0.15) is 11.9 Å². The minimum Gasteiger partial charge on any atom is -0.389 e. The summed E-state index contributed by atoms with van der Waals surface area (Å²) in [4.78, 5) is 14.5. The third-order valence-electron chi connectivity index (χ3n) is 2.01. The van der Waals surface area contributed by atoms with Crippen LogP contribution >= 0.6 is 11.8 Å². The second-order valence-electron chi connectivity index (χ2n) is 3.29. The normalized spacial score (nSPS) is 14.4. The number of carbonyl (C=O) groups is 1. The number of aromatic nitrogens is 1. The number of carbonyl (C=O) groups excluding carboxylic acids is 1. The number of rotatable bonds is 4. The summed E-state index contributed by atoms with van der Waals surface area (Å²) < 4.78 is 0. The molecule has 16 heavy (non-hydrogen) atoms. The molecular weight excluding hydrogens is 228 g/mol. The molecular formula is C10H14N2O3S. The van der Waals surface area contributed by atoms with Gasteiger partial charge in [0.2, 0.25) is 0 Å². The van der Waals surface area contributed by atoms with Gasteiger partial charge in [-0.25, -0.2) is 4.98 Å². The van der Waals surface area contributed by atoms with Crippen molar-refractivity contribution >= 4 is 22.7 Å². The Balaban J connectivity index is 2.66. The summed E-state index contributed by atoms with van der Waals surface area (Å²) in [5.41, 5.74) is 5.93. The topological polar surface area (TPSA) is 96.4 Å². The number of aliphatic hydroxyl groups is 2. The number of hydrogen-bond acceptors (Lipinski definition) is 6. The molecule has 0 aliphatic rings. The Kier molecular flexibility index (Phi) is 4.72. The molecule has 6 heteroatoms. The van der Waals surface area contributed by atoms with E-state index in [0.29, 0.717) is 5.56 Å². The molecule has 0 aromatic carbocycles. The van der Waals surface area contributed by atoms with Crippen LogP contribution in [0.4, 0.5) is 5.82 Å². The Labute approximate surface area is 97.7 Å². The molecule has 0 saturated heterocycles. The standard InChI is InChI=1S/C10H14N2O3S/c1-6(13)16-5-8(14)9(15)7-3-2-4-12-10(7)11/h2-4,8-9,14-15H,5H2,1H3,(H2,11,12). The Morgan fingerprint density at radius 2 is 2.31 bits per heavy atom. The summed E-state index contributed by atoms with van der Waals surface area (Å²) in [5.74, 6) is 0.312. The van der Waals surface area contributed by atoms with Gasteiger partial charge in [-0.2, -0.15) is 0 Å². The van der Waals surface area contributed by atoms with Crippen molar-refractivity contribution in [1.29, 1.82) is 0 Å². The molecule has 88 valence electrons. The molecule has 0 saturated carbocycles. The Hall–Kier alpha value is -1.11. The Bertz CT molecular complexity index is 373. The van der Waals surface area contributed by atoms with Crippen LogP contribution in [-0.2, 0) is 4.79 Å². The maximum absolute atomic E-state index is 10.7. The highest BCUT2D eigenvalue weighted by atomic mass is 32.2. The highest BCUT2D eigenvalue weighted by molar-refractivity contribution is 8.13. The lowest BCUT2D eigenvalue weighted by Crippen LogP contribution is -2.22. The van der Waals surface area contributed by atoms with Crippen molar-refractivity contribution in [3.05, 3.63) is 23.9 Å². The molecule has 1 heterocycles. The van der Waals surface area contributed by atoms with Gasteiger partial charge in [0.05, 0.1) is 6.10 Å². The molecule has 2 unspecified atom stereocenters. The van der Waals surface area contributed by atoms with E-state index >= 15 is 0 Å². The van der Waals surface area contributed by atoms with Crippen LogP contribution in [0.25, 0.3) is 0 Å². The number of nitrogens with two attached hydrogens (primary N) is 1. The molecule has 1 rings (SSSR count). The van der Waals surface area contributed by atoms with Crippen LogP contribution in [0.15, 0.2) is 18.3 Å². The quantitative estimate of drug-likeness (QED) is 0.704. The van der Waals surface area contributed by atoms with Gasteiger partial charge in [0.25, 0.3) is 0 Å². The van der Waals surface area contributed by atoms with Crippen molar-refractivity contribution in [3.63, 3.8) is 0 Å². The number of nitrogens with zero attached hydrogens (tertiary/aromatic N) is 1. The molecule has 0 radical (unpaired) electrons. The fourth-order valence-electron chi connectivity index (χ4n) is 1.18. The molecule has 0 amide bonds. The van der Waals surface area contributed by atoms with Gasteiger partial charge < -0.3 is 15.9 Å². The first-order valence-electron chi connectivity index (χ1n) is 4.72. The third kappa shape index (κ3) is 3.48. The van der Waals surface area contributed by atoms with Crippen molar-refractivity contribution in [2.24, 2.45) is 0 Å². The molecule has 5 nitrogen and oxygen atoms in total.